The van der Waals surface area contributed by atoms with Crippen molar-refractivity contribution in [2.75, 3.05) is 5.32 Å². The maximum Gasteiger partial charge on any atom is 0.258 e. The summed E-state index contributed by atoms with van der Waals surface area (Å²) in [6.45, 7) is 1.71. The minimum absolute atomic E-state index is 0.0631. The first kappa shape index (κ1) is 14.8. The molecule has 2 rings (SSSR count). The van der Waals surface area contributed by atoms with E-state index in [2.05, 4.69) is 21.2 Å². The molecular formula is C13H8BrF2NO2S. The third-order valence-electron chi connectivity index (χ3n) is 2.60. The summed E-state index contributed by atoms with van der Waals surface area (Å²) >= 11 is 4.00. The van der Waals surface area contributed by atoms with E-state index in [4.69, 9.17) is 0 Å². The monoisotopic (exact) mass is 359 g/mol. The zero-order chi connectivity index (χ0) is 14.9. The maximum absolute atomic E-state index is 13.7. The van der Waals surface area contributed by atoms with Gasteiger partial charge in [-0.1, -0.05) is 0 Å². The number of aldehydes is 1. The fourth-order valence-electron chi connectivity index (χ4n) is 1.59. The molecule has 7 heteroatoms. The van der Waals surface area contributed by atoms with Crippen molar-refractivity contribution in [2.45, 2.75) is 6.92 Å². The topological polar surface area (TPSA) is 46.2 Å². The van der Waals surface area contributed by atoms with Crippen molar-refractivity contribution in [3.63, 3.8) is 0 Å². The fourth-order valence-corrected chi connectivity index (χ4v) is 2.71. The zero-order valence-corrected chi connectivity index (χ0v) is 12.6. The Bertz CT molecular complexity index is 700. The molecule has 0 saturated heterocycles. The van der Waals surface area contributed by atoms with Crippen LogP contribution in [0.25, 0.3) is 0 Å². The molecule has 1 heterocycles. The number of hydrogen-bond donors (Lipinski definition) is 1. The number of anilines is 1. The number of rotatable bonds is 3. The first-order chi connectivity index (χ1) is 9.43. The number of carbonyl (C=O) groups excluding carboxylic acids is 2. The number of carbonyl (C=O) groups is 2. The smallest absolute Gasteiger partial charge is 0.258 e. The van der Waals surface area contributed by atoms with E-state index >= 15 is 0 Å². The largest absolute Gasteiger partial charge is 0.320 e. The number of nitrogens with one attached hydrogen (secondary N) is 1. The third kappa shape index (κ3) is 2.78. The Kier molecular flexibility index (Phi) is 4.29. The van der Waals surface area contributed by atoms with Crippen LogP contribution in [0, 0.1) is 18.6 Å². The summed E-state index contributed by atoms with van der Waals surface area (Å²) in [5.41, 5.74) is 0.578. The molecular weight excluding hydrogens is 352 g/mol. The van der Waals surface area contributed by atoms with Crippen LogP contribution in [0.4, 0.5) is 14.5 Å². The summed E-state index contributed by atoms with van der Waals surface area (Å²) in [5, 5.41) is 4.12. The zero-order valence-electron chi connectivity index (χ0n) is 10.2. The second-order valence-electron chi connectivity index (χ2n) is 3.98. The highest BCUT2D eigenvalue weighted by Gasteiger charge is 2.18. The molecule has 2 aromatic rings. The highest BCUT2D eigenvalue weighted by atomic mass is 79.9. The van der Waals surface area contributed by atoms with Gasteiger partial charge in [-0.05, 0) is 45.9 Å². The summed E-state index contributed by atoms with van der Waals surface area (Å²) < 4.78 is 27.0. The van der Waals surface area contributed by atoms with Gasteiger partial charge in [-0.25, -0.2) is 8.78 Å². The predicted octanol–water partition coefficient (Wildman–Crippen LogP) is 4.16. The molecule has 0 unspecified atom stereocenters. The van der Waals surface area contributed by atoms with Gasteiger partial charge in [-0.2, -0.15) is 0 Å². The van der Waals surface area contributed by atoms with Crippen LogP contribution >= 0.6 is 27.3 Å². The number of halogens is 3. The van der Waals surface area contributed by atoms with Crippen LogP contribution in [0.3, 0.4) is 0 Å². The van der Waals surface area contributed by atoms with Crippen LogP contribution < -0.4 is 5.32 Å². The Morgan fingerprint density at radius 3 is 2.70 bits per heavy atom. The second-order valence-corrected chi connectivity index (χ2v) is 5.74. The lowest BCUT2D eigenvalue weighted by Crippen LogP contribution is -2.15. The molecule has 3 nitrogen and oxygen atoms in total. The van der Waals surface area contributed by atoms with E-state index in [0.717, 1.165) is 12.1 Å². The molecule has 1 aromatic heterocycles. The average molecular weight is 360 g/mol. The molecule has 1 aromatic carbocycles. The van der Waals surface area contributed by atoms with Crippen molar-refractivity contribution in [3.8, 4) is 0 Å². The van der Waals surface area contributed by atoms with Crippen molar-refractivity contribution in [2.24, 2.45) is 0 Å². The maximum atomic E-state index is 13.7. The van der Waals surface area contributed by atoms with Gasteiger partial charge in [0.1, 0.15) is 11.6 Å². The summed E-state index contributed by atoms with van der Waals surface area (Å²) in [6.07, 6.45) is 0.603. The third-order valence-corrected chi connectivity index (χ3v) is 4.24. The average Bonchev–Trinajstić information content (AvgIpc) is 2.75. The summed E-state index contributed by atoms with van der Waals surface area (Å²) in [7, 11) is 0. The van der Waals surface area contributed by atoms with Crippen molar-refractivity contribution >= 4 is 45.1 Å². The molecule has 1 amide bonds. The lowest BCUT2D eigenvalue weighted by atomic mass is 10.1. The Labute approximate surface area is 125 Å². The molecule has 0 atom stereocenters. The van der Waals surface area contributed by atoms with Gasteiger partial charge in [0.05, 0.1) is 20.6 Å². The molecule has 0 spiro atoms. The van der Waals surface area contributed by atoms with Gasteiger partial charge in [0.25, 0.3) is 5.91 Å². The Morgan fingerprint density at radius 2 is 2.05 bits per heavy atom. The minimum atomic E-state index is -0.851. The van der Waals surface area contributed by atoms with Crippen LogP contribution in [0.2, 0.25) is 0 Å². The van der Waals surface area contributed by atoms with Crippen LogP contribution in [0.1, 0.15) is 25.6 Å². The molecule has 104 valence electrons. The van der Waals surface area contributed by atoms with Crippen molar-refractivity contribution in [1.29, 1.82) is 0 Å². The molecule has 0 aliphatic heterocycles. The van der Waals surface area contributed by atoms with Gasteiger partial charge in [0.15, 0.2) is 6.29 Å². The van der Waals surface area contributed by atoms with Crippen molar-refractivity contribution in [3.05, 3.63) is 49.6 Å². The Morgan fingerprint density at radius 1 is 1.35 bits per heavy atom. The van der Waals surface area contributed by atoms with Crippen molar-refractivity contribution < 1.29 is 18.4 Å². The number of hydrogen-bond acceptors (Lipinski definition) is 3. The summed E-state index contributed by atoms with van der Waals surface area (Å²) in [4.78, 5) is 23.1. The second kappa shape index (κ2) is 5.80. The molecule has 0 bridgehead atoms. The SMILES string of the molecule is Cc1csc(C=O)c1NC(=O)c1cc(F)c(Br)cc1F. The minimum Gasteiger partial charge on any atom is -0.320 e. The number of benzene rings is 1. The highest BCUT2D eigenvalue weighted by molar-refractivity contribution is 9.10. The molecule has 0 aliphatic rings. The van der Waals surface area contributed by atoms with Crippen LogP contribution in [-0.4, -0.2) is 12.2 Å². The lowest BCUT2D eigenvalue weighted by Gasteiger charge is -2.07. The van der Waals surface area contributed by atoms with E-state index in [-0.39, 0.29) is 4.47 Å². The highest BCUT2D eigenvalue weighted by Crippen LogP contribution is 2.27. The Hall–Kier alpha value is -1.60. The van der Waals surface area contributed by atoms with E-state index in [1.165, 1.54) is 11.3 Å². The fraction of sp³-hybridized carbons (Fsp3) is 0.0769. The molecule has 1 N–H and O–H groups in total. The molecule has 0 aliphatic carbocycles. The van der Waals surface area contributed by atoms with Crippen LogP contribution in [0.5, 0.6) is 0 Å². The summed E-state index contributed by atoms with van der Waals surface area (Å²) in [5.74, 6) is -2.40. The quantitative estimate of drug-likeness (QED) is 0.660. The van der Waals surface area contributed by atoms with E-state index in [9.17, 15) is 18.4 Å². The van der Waals surface area contributed by atoms with E-state index in [1.54, 1.807) is 12.3 Å². The number of aryl methyl sites for hydroxylation is 1. The standard InChI is InChI=1S/C13H8BrF2NO2S/c1-6-5-20-11(4-18)12(6)17-13(19)7-2-10(16)8(14)3-9(7)15/h2-5H,1H3,(H,17,19). The first-order valence-corrected chi connectivity index (χ1v) is 7.10. The van der Waals surface area contributed by atoms with E-state index in [1.807, 2.05) is 0 Å². The molecule has 0 radical (unpaired) electrons. The normalized spacial score (nSPS) is 10.4. The predicted molar refractivity (Wildman–Crippen MR) is 76.5 cm³/mol. The van der Waals surface area contributed by atoms with Gasteiger partial charge in [0, 0.05) is 0 Å². The Balaban J connectivity index is 2.35. The summed E-state index contributed by atoms with van der Waals surface area (Å²) in [6, 6.07) is 1.68. The molecule has 20 heavy (non-hydrogen) atoms. The van der Waals surface area contributed by atoms with Gasteiger partial charge in [-0.15, -0.1) is 11.3 Å². The van der Waals surface area contributed by atoms with E-state index < -0.39 is 23.1 Å². The number of thiophene rings is 1. The van der Waals surface area contributed by atoms with Gasteiger partial charge in [-0.3, -0.25) is 9.59 Å². The van der Waals surface area contributed by atoms with Crippen LogP contribution in [-0.2, 0) is 0 Å². The van der Waals surface area contributed by atoms with Gasteiger partial charge in [0.2, 0.25) is 0 Å². The van der Waals surface area contributed by atoms with Gasteiger partial charge >= 0.3 is 0 Å². The first-order valence-electron chi connectivity index (χ1n) is 5.43. The lowest BCUT2D eigenvalue weighted by molar-refractivity contribution is 0.102. The van der Waals surface area contributed by atoms with E-state index in [0.29, 0.717) is 22.4 Å². The van der Waals surface area contributed by atoms with Crippen LogP contribution in [0.15, 0.2) is 22.0 Å². The number of amides is 1. The molecule has 0 fully saturated rings. The van der Waals surface area contributed by atoms with Crippen molar-refractivity contribution in [1.82, 2.24) is 0 Å². The molecule has 0 saturated carbocycles. The van der Waals surface area contributed by atoms with Gasteiger partial charge < -0.3 is 5.32 Å².